The van der Waals surface area contributed by atoms with Gasteiger partial charge in [0.05, 0.1) is 0 Å². The van der Waals surface area contributed by atoms with E-state index in [4.69, 9.17) is 0 Å². The van der Waals surface area contributed by atoms with E-state index in [-0.39, 0.29) is 0 Å². The molecule has 1 nitrogen and oxygen atoms in total. The smallest absolute Gasteiger partial charge is 0.0144 e. The highest BCUT2D eigenvalue weighted by atomic mass is 14.9. The first-order valence-electron chi connectivity index (χ1n) is 4.22. The van der Waals surface area contributed by atoms with Crippen molar-refractivity contribution in [3.8, 4) is 0 Å². The van der Waals surface area contributed by atoms with Crippen molar-refractivity contribution in [3.05, 3.63) is 23.8 Å². The normalized spacial score (nSPS) is 24.5. The van der Waals surface area contributed by atoms with Gasteiger partial charge in [-0.2, -0.15) is 0 Å². The van der Waals surface area contributed by atoms with Crippen LogP contribution in [0.4, 0.5) is 0 Å². The molecule has 0 aromatic rings. The predicted molar refractivity (Wildman–Crippen MR) is 49.6 cm³/mol. The van der Waals surface area contributed by atoms with Crippen LogP contribution in [0.15, 0.2) is 23.8 Å². The van der Waals surface area contributed by atoms with Gasteiger partial charge >= 0.3 is 0 Å². The van der Waals surface area contributed by atoms with Crippen LogP contribution in [0.1, 0.15) is 26.7 Å². The van der Waals surface area contributed by atoms with Crippen LogP contribution in [0, 0.1) is 0 Å². The van der Waals surface area contributed by atoms with Gasteiger partial charge < -0.3 is 5.32 Å². The van der Waals surface area contributed by atoms with E-state index in [0.29, 0.717) is 6.04 Å². The third-order valence-electron chi connectivity index (χ3n) is 2.02. The molecule has 1 heterocycles. The minimum atomic E-state index is 0.637. The molecule has 0 unspecified atom stereocenters. The number of hydrogen-bond donors (Lipinski definition) is 1. The number of nitrogens with one attached hydrogen (secondary N) is 1. The van der Waals surface area contributed by atoms with Gasteiger partial charge in [0.15, 0.2) is 0 Å². The van der Waals surface area contributed by atoms with Crippen molar-refractivity contribution < 1.29 is 0 Å². The van der Waals surface area contributed by atoms with Gasteiger partial charge in [-0.3, -0.25) is 0 Å². The zero-order valence-electron chi connectivity index (χ0n) is 7.48. The second-order valence-corrected chi connectivity index (χ2v) is 3.52. The summed E-state index contributed by atoms with van der Waals surface area (Å²) >= 11 is 0. The summed E-state index contributed by atoms with van der Waals surface area (Å²) in [5.74, 6) is 0. The summed E-state index contributed by atoms with van der Waals surface area (Å²) < 4.78 is 0. The first kappa shape index (κ1) is 8.54. The lowest BCUT2D eigenvalue weighted by Gasteiger charge is -2.22. The molecule has 1 atom stereocenters. The Morgan fingerprint density at radius 3 is 3.09 bits per heavy atom. The summed E-state index contributed by atoms with van der Waals surface area (Å²) in [6, 6.07) is 0.637. The van der Waals surface area contributed by atoms with E-state index in [1.54, 1.807) is 0 Å². The highest BCUT2D eigenvalue weighted by molar-refractivity contribution is 5.08. The Morgan fingerprint density at radius 2 is 2.55 bits per heavy atom. The van der Waals surface area contributed by atoms with Crippen LogP contribution in [0.3, 0.4) is 0 Å². The molecular formula is C10H17N. The Labute approximate surface area is 69.2 Å². The predicted octanol–water partition coefficient (Wildman–Crippen LogP) is 2.26. The maximum absolute atomic E-state index is 3.91. The SMILES string of the molecule is C=C(C)C[C@H]1CC(C)=CCN1. The largest absolute Gasteiger partial charge is 0.310 e. The molecular weight excluding hydrogens is 134 g/mol. The molecule has 0 saturated carbocycles. The van der Waals surface area contributed by atoms with Crippen LogP contribution >= 0.6 is 0 Å². The van der Waals surface area contributed by atoms with Gasteiger partial charge in [-0.05, 0) is 26.7 Å². The Bertz CT molecular complexity index is 179. The fourth-order valence-corrected chi connectivity index (χ4v) is 1.51. The molecule has 1 heteroatoms. The fourth-order valence-electron chi connectivity index (χ4n) is 1.51. The van der Waals surface area contributed by atoms with Crippen molar-refractivity contribution in [3.63, 3.8) is 0 Å². The average Bonchev–Trinajstić information content (AvgIpc) is 1.85. The van der Waals surface area contributed by atoms with Crippen LogP contribution < -0.4 is 5.32 Å². The zero-order chi connectivity index (χ0) is 8.27. The molecule has 1 aliphatic heterocycles. The molecule has 0 amide bonds. The van der Waals surface area contributed by atoms with E-state index in [0.717, 1.165) is 13.0 Å². The second kappa shape index (κ2) is 3.72. The molecule has 11 heavy (non-hydrogen) atoms. The van der Waals surface area contributed by atoms with E-state index in [9.17, 15) is 0 Å². The van der Waals surface area contributed by atoms with Crippen LogP contribution in [-0.2, 0) is 0 Å². The summed E-state index contributed by atoms with van der Waals surface area (Å²) in [6.45, 7) is 9.24. The van der Waals surface area contributed by atoms with Crippen molar-refractivity contribution in [1.82, 2.24) is 5.32 Å². The molecule has 1 N–H and O–H groups in total. The molecule has 0 spiro atoms. The van der Waals surface area contributed by atoms with E-state index in [2.05, 4.69) is 31.8 Å². The van der Waals surface area contributed by atoms with Gasteiger partial charge in [0.2, 0.25) is 0 Å². The van der Waals surface area contributed by atoms with Crippen molar-refractivity contribution in [2.45, 2.75) is 32.7 Å². The first-order valence-corrected chi connectivity index (χ1v) is 4.22. The van der Waals surface area contributed by atoms with Crippen molar-refractivity contribution in [1.29, 1.82) is 0 Å². The molecule has 62 valence electrons. The highest BCUT2D eigenvalue weighted by Gasteiger charge is 2.11. The van der Waals surface area contributed by atoms with Crippen molar-refractivity contribution in [2.75, 3.05) is 6.54 Å². The molecule has 1 rings (SSSR count). The first-order chi connectivity index (χ1) is 5.18. The molecule has 0 saturated heterocycles. The number of hydrogen-bond acceptors (Lipinski definition) is 1. The zero-order valence-corrected chi connectivity index (χ0v) is 7.48. The standard InChI is InChI=1S/C10H17N/c1-8(2)6-10-7-9(3)4-5-11-10/h4,10-11H,1,5-7H2,2-3H3/t10-/m0/s1. The average molecular weight is 151 g/mol. The Hall–Kier alpha value is -0.560. The van der Waals surface area contributed by atoms with E-state index in [1.807, 2.05) is 0 Å². The Kier molecular flexibility index (Phi) is 2.89. The molecule has 0 aromatic carbocycles. The van der Waals surface area contributed by atoms with Crippen molar-refractivity contribution in [2.24, 2.45) is 0 Å². The Morgan fingerprint density at radius 1 is 1.82 bits per heavy atom. The minimum Gasteiger partial charge on any atom is -0.310 e. The molecule has 0 bridgehead atoms. The topological polar surface area (TPSA) is 12.0 Å². The highest BCUT2D eigenvalue weighted by Crippen LogP contribution is 2.14. The summed E-state index contributed by atoms with van der Waals surface area (Å²) in [5.41, 5.74) is 2.78. The van der Waals surface area contributed by atoms with Crippen LogP contribution in [0.25, 0.3) is 0 Å². The minimum absolute atomic E-state index is 0.637. The van der Waals surface area contributed by atoms with Crippen molar-refractivity contribution >= 4 is 0 Å². The molecule has 0 radical (unpaired) electrons. The van der Waals surface area contributed by atoms with Crippen LogP contribution in [-0.4, -0.2) is 12.6 Å². The van der Waals surface area contributed by atoms with Gasteiger partial charge in [-0.1, -0.05) is 17.2 Å². The molecule has 0 aromatic heterocycles. The third kappa shape index (κ3) is 2.89. The molecule has 0 aliphatic carbocycles. The fraction of sp³-hybridized carbons (Fsp3) is 0.600. The van der Waals surface area contributed by atoms with E-state index >= 15 is 0 Å². The van der Waals surface area contributed by atoms with Crippen LogP contribution in [0.2, 0.25) is 0 Å². The monoisotopic (exact) mass is 151 g/mol. The Balaban J connectivity index is 2.38. The van der Waals surface area contributed by atoms with Gasteiger partial charge in [-0.15, -0.1) is 6.58 Å². The van der Waals surface area contributed by atoms with Gasteiger partial charge in [0.1, 0.15) is 0 Å². The van der Waals surface area contributed by atoms with Gasteiger partial charge in [0.25, 0.3) is 0 Å². The summed E-state index contributed by atoms with van der Waals surface area (Å²) in [6.07, 6.45) is 4.56. The second-order valence-electron chi connectivity index (χ2n) is 3.52. The summed E-state index contributed by atoms with van der Waals surface area (Å²) in [5, 5.41) is 3.44. The van der Waals surface area contributed by atoms with E-state index < -0.39 is 0 Å². The molecule has 1 aliphatic rings. The van der Waals surface area contributed by atoms with E-state index in [1.165, 1.54) is 17.6 Å². The summed E-state index contributed by atoms with van der Waals surface area (Å²) in [4.78, 5) is 0. The lowest BCUT2D eigenvalue weighted by molar-refractivity contribution is 0.510. The van der Waals surface area contributed by atoms with Gasteiger partial charge in [0, 0.05) is 12.6 Å². The number of rotatable bonds is 2. The molecule has 0 fully saturated rings. The maximum atomic E-state index is 3.91. The lowest BCUT2D eigenvalue weighted by Crippen LogP contribution is -2.32. The lowest BCUT2D eigenvalue weighted by atomic mass is 9.98. The maximum Gasteiger partial charge on any atom is 0.0144 e. The third-order valence-corrected chi connectivity index (χ3v) is 2.02. The van der Waals surface area contributed by atoms with Crippen LogP contribution in [0.5, 0.6) is 0 Å². The summed E-state index contributed by atoms with van der Waals surface area (Å²) in [7, 11) is 0. The quantitative estimate of drug-likeness (QED) is 0.597. The van der Waals surface area contributed by atoms with Gasteiger partial charge in [-0.25, -0.2) is 0 Å².